The second-order valence-electron chi connectivity index (χ2n) is 18.7. The molecule has 73 heavy (non-hydrogen) atoms. The lowest BCUT2D eigenvalue weighted by molar-refractivity contribution is -0.384. The van der Waals surface area contributed by atoms with Gasteiger partial charge in [-0.15, -0.1) is 0 Å². The van der Waals surface area contributed by atoms with Crippen LogP contribution in [0, 0.1) is 0 Å². The minimum atomic E-state index is -2.21. The van der Waals surface area contributed by atoms with Crippen molar-refractivity contribution in [2.75, 3.05) is 46.8 Å². The number of methoxy groups -OCH3 is 1. The van der Waals surface area contributed by atoms with Gasteiger partial charge in [-0.3, -0.25) is 0 Å². The van der Waals surface area contributed by atoms with Crippen molar-refractivity contribution in [3.8, 4) is 0 Å². The van der Waals surface area contributed by atoms with Gasteiger partial charge in [0.25, 0.3) is 0 Å². The van der Waals surface area contributed by atoms with Crippen molar-refractivity contribution in [2.45, 2.75) is 204 Å². The highest BCUT2D eigenvalue weighted by atomic mass is 16.8. The second kappa shape index (κ2) is 25.4. The number of carbonyl (C=O) groups is 1. The zero-order valence-electron chi connectivity index (χ0n) is 39.1. The maximum atomic E-state index is 12.6. The lowest BCUT2D eigenvalue weighted by atomic mass is 9.96. The Morgan fingerprint density at radius 2 is 0.945 bits per heavy atom. The van der Waals surface area contributed by atoms with Gasteiger partial charge in [-0.05, 0) is 6.92 Å². The summed E-state index contributed by atoms with van der Waals surface area (Å²) < 4.78 is 79.7. The fraction of sp³-hybridized carbons (Fsp3) is 0.976. The van der Waals surface area contributed by atoms with Crippen LogP contribution in [0.2, 0.25) is 0 Å². The van der Waals surface area contributed by atoms with Gasteiger partial charge in [-0.1, -0.05) is 0 Å². The maximum absolute atomic E-state index is 12.6. The van der Waals surface area contributed by atoms with E-state index in [1.54, 1.807) is 0 Å². The fourth-order valence-electron chi connectivity index (χ4n) is 9.42. The van der Waals surface area contributed by atoms with E-state index in [2.05, 4.69) is 0 Å². The number of hydrogen-bond acceptors (Lipinski definition) is 31. The number of aliphatic hydroxyl groups is 16. The van der Waals surface area contributed by atoms with E-state index in [-0.39, 0.29) is 6.42 Å². The molecule has 0 aromatic heterocycles. The fourth-order valence-corrected chi connectivity index (χ4v) is 9.42. The van der Waals surface area contributed by atoms with Gasteiger partial charge in [0, 0.05) is 13.5 Å². The smallest absolute Gasteiger partial charge is 0.335 e. The Morgan fingerprint density at radius 1 is 0.438 bits per heavy atom. The summed E-state index contributed by atoms with van der Waals surface area (Å²) in [5, 5.41) is 179. The summed E-state index contributed by atoms with van der Waals surface area (Å²) in [4.78, 5) is 12.6. The largest absolute Gasteiger partial charge is 0.479 e. The van der Waals surface area contributed by atoms with Crippen molar-refractivity contribution in [1.29, 1.82) is 0 Å². The molecule has 424 valence electrons. The third kappa shape index (κ3) is 12.6. The molecule has 7 rings (SSSR count). The van der Waals surface area contributed by atoms with E-state index < -0.39 is 236 Å². The zero-order valence-corrected chi connectivity index (χ0v) is 39.1. The predicted octanol–water partition coefficient (Wildman–Crippen LogP) is -11.5. The normalized spacial score (nSPS) is 52.2. The standard InChI is InChI=1S/C41H68O32/c1-10-18(46)23(51)27(55)38(64-10)70-30-14(6-44)61-7-16(22(30)50)67-40-29(57)25(53)32(33(73-40)35(58)59)72-36-26(54)21(49)15(8-62-36)68-41-34(60-2)31(71-37-19(47)12(45)3-11(4-42)65-37)17(9-63-41)69-39-28(56)24(52)20(48)13(5-43)66-39/h10-34,36-57H,3-9H2,1-2H3,(H,58,59)/t10-,11-,12-,13+,14+,15+,16+,17+,18-,19+,20+,21-,22+,23+,24-,25+,26+,27+,28+,29+,30+,31+,32-,33-,34-,36-,37+,38-,39-,40-,41-/m0/s1. The lowest BCUT2D eigenvalue weighted by Crippen LogP contribution is -2.66. The molecule has 7 fully saturated rings. The third-order valence-electron chi connectivity index (χ3n) is 13.8. The van der Waals surface area contributed by atoms with Crippen LogP contribution < -0.4 is 0 Å². The number of carboxylic acid groups (broad SMARTS) is 1. The molecular weight excluding hydrogens is 1000 g/mol. The highest BCUT2D eigenvalue weighted by Gasteiger charge is 2.57. The topological polar surface area (TPSA) is 490 Å². The van der Waals surface area contributed by atoms with Gasteiger partial charge in [0.15, 0.2) is 43.8 Å². The quantitative estimate of drug-likeness (QED) is 0.0643. The molecule has 32 nitrogen and oxygen atoms in total. The molecule has 0 aliphatic carbocycles. The van der Waals surface area contributed by atoms with Gasteiger partial charge in [-0.25, -0.2) is 4.79 Å². The highest BCUT2D eigenvalue weighted by molar-refractivity contribution is 5.73. The van der Waals surface area contributed by atoms with E-state index in [0.717, 1.165) is 7.11 Å². The third-order valence-corrected chi connectivity index (χ3v) is 13.8. The number of ether oxygens (including phenoxy) is 14. The molecule has 0 saturated carbocycles. The first-order valence-electron chi connectivity index (χ1n) is 23.5. The number of rotatable bonds is 17. The first-order chi connectivity index (χ1) is 34.6. The second-order valence-corrected chi connectivity index (χ2v) is 18.7. The number of hydrogen-bond donors (Lipinski definition) is 17. The summed E-state index contributed by atoms with van der Waals surface area (Å²) in [7, 11) is 1.15. The Bertz CT molecular complexity index is 1720. The van der Waals surface area contributed by atoms with Crippen LogP contribution in [0.15, 0.2) is 0 Å². The summed E-state index contributed by atoms with van der Waals surface area (Å²) >= 11 is 0. The Balaban J connectivity index is 0.996. The van der Waals surface area contributed by atoms with Gasteiger partial charge < -0.3 is 153 Å². The van der Waals surface area contributed by atoms with Crippen LogP contribution in [0.1, 0.15) is 13.3 Å². The van der Waals surface area contributed by atoms with Crippen LogP contribution in [0.25, 0.3) is 0 Å². The molecule has 0 amide bonds. The number of carboxylic acids is 1. The van der Waals surface area contributed by atoms with Crippen molar-refractivity contribution >= 4 is 5.97 Å². The van der Waals surface area contributed by atoms with E-state index in [9.17, 15) is 91.6 Å². The number of aliphatic hydroxyl groups excluding tert-OH is 16. The molecule has 17 N–H and O–H groups in total. The van der Waals surface area contributed by atoms with Crippen LogP contribution in [0.5, 0.6) is 0 Å². The first kappa shape index (κ1) is 58.9. The van der Waals surface area contributed by atoms with Gasteiger partial charge in [0.1, 0.15) is 128 Å². The Hall–Kier alpha value is -1.73. The molecule has 0 aromatic carbocycles. The predicted molar refractivity (Wildman–Crippen MR) is 221 cm³/mol. The van der Waals surface area contributed by atoms with Gasteiger partial charge in [0.05, 0.1) is 58.0 Å². The SMILES string of the molecule is CO[C@@H]1[C@H](O[C@@H]2CO[C@@H](O[C@H]3[C@H](O)[C@@H](O)[C@@H](O[C@@H]4CO[C@H](CO)[C@@H](O[C@@H]5O[C@@H](C)[C@H](O)[C@@H](O)[C@H]5O)[C@@H]4O)O[C@@H]3C(=O)O)[C@H](O)[C@H]2O)OC[C@@H](O[C@@H]2O[C@H](CO)[C@@H](O)[C@H](O)[C@H]2O)[C@H]1O[C@H]1O[C@H](CO)C[C@H](O)[C@H]1O. The zero-order chi connectivity index (χ0) is 53.3. The van der Waals surface area contributed by atoms with Gasteiger partial charge >= 0.3 is 5.97 Å². The van der Waals surface area contributed by atoms with Crippen molar-refractivity contribution in [3.05, 3.63) is 0 Å². The summed E-state index contributed by atoms with van der Waals surface area (Å²) in [5.74, 6) is -1.80. The Labute approximate surface area is 414 Å². The molecule has 31 atom stereocenters. The van der Waals surface area contributed by atoms with Gasteiger partial charge in [-0.2, -0.15) is 0 Å². The summed E-state index contributed by atoms with van der Waals surface area (Å²) in [6, 6.07) is 0. The van der Waals surface area contributed by atoms with Crippen LogP contribution in [0.4, 0.5) is 0 Å². The Morgan fingerprint density at radius 3 is 1.59 bits per heavy atom. The average Bonchev–Trinajstić information content (AvgIpc) is 3.37. The van der Waals surface area contributed by atoms with E-state index in [1.807, 2.05) is 0 Å². The first-order valence-corrected chi connectivity index (χ1v) is 23.5. The maximum Gasteiger partial charge on any atom is 0.335 e. The molecule has 0 aromatic rings. The number of aliphatic carboxylic acids is 1. The molecule has 7 saturated heterocycles. The Kier molecular flexibility index (Phi) is 20.5. The molecular formula is C41H68O32. The minimum absolute atomic E-state index is 0.182. The molecule has 7 aliphatic heterocycles. The molecule has 32 heteroatoms. The van der Waals surface area contributed by atoms with Crippen molar-refractivity contribution < 1.29 is 158 Å². The molecule has 0 bridgehead atoms. The molecule has 0 radical (unpaired) electrons. The van der Waals surface area contributed by atoms with Crippen LogP contribution >= 0.6 is 0 Å². The van der Waals surface area contributed by atoms with Crippen LogP contribution in [-0.4, -0.2) is 330 Å². The van der Waals surface area contributed by atoms with E-state index in [4.69, 9.17) is 66.3 Å². The van der Waals surface area contributed by atoms with Crippen LogP contribution in [-0.2, 0) is 71.1 Å². The summed E-state index contributed by atoms with van der Waals surface area (Å²) in [6.07, 6.45) is -53.0. The monoisotopic (exact) mass is 1070 g/mol. The van der Waals surface area contributed by atoms with Crippen molar-refractivity contribution in [1.82, 2.24) is 0 Å². The summed E-state index contributed by atoms with van der Waals surface area (Å²) in [6.45, 7) is -2.53. The minimum Gasteiger partial charge on any atom is -0.479 e. The van der Waals surface area contributed by atoms with Crippen molar-refractivity contribution in [2.24, 2.45) is 0 Å². The average molecular weight is 1070 g/mol. The summed E-state index contributed by atoms with van der Waals surface area (Å²) in [5.41, 5.74) is 0. The van der Waals surface area contributed by atoms with Gasteiger partial charge in [0.2, 0.25) is 0 Å². The molecule has 0 spiro atoms. The highest BCUT2D eigenvalue weighted by Crippen LogP contribution is 2.36. The van der Waals surface area contributed by atoms with Crippen molar-refractivity contribution in [3.63, 3.8) is 0 Å². The van der Waals surface area contributed by atoms with E-state index >= 15 is 0 Å². The molecule has 7 heterocycles. The van der Waals surface area contributed by atoms with E-state index in [1.165, 1.54) is 6.92 Å². The molecule has 0 unspecified atom stereocenters. The molecule has 7 aliphatic rings. The lowest BCUT2D eigenvalue weighted by Gasteiger charge is -2.48. The van der Waals surface area contributed by atoms with Crippen LogP contribution in [0.3, 0.4) is 0 Å². The van der Waals surface area contributed by atoms with E-state index in [0.29, 0.717) is 0 Å².